The first-order valence-electron chi connectivity index (χ1n) is 6.88. The molecule has 1 fully saturated rings. The summed E-state index contributed by atoms with van der Waals surface area (Å²) in [5.74, 6) is -1.09. The molecule has 3 heterocycles. The van der Waals surface area contributed by atoms with E-state index in [9.17, 15) is 9.90 Å². The molecule has 1 saturated heterocycles. The van der Waals surface area contributed by atoms with Crippen molar-refractivity contribution in [3.63, 3.8) is 0 Å². The molecule has 1 aliphatic rings. The van der Waals surface area contributed by atoms with E-state index in [1.54, 1.807) is 29.2 Å². The van der Waals surface area contributed by atoms with Crippen molar-refractivity contribution in [3.05, 3.63) is 30.2 Å². The molecule has 1 aliphatic heterocycles. The van der Waals surface area contributed by atoms with E-state index < -0.39 is 5.97 Å². The summed E-state index contributed by atoms with van der Waals surface area (Å²) in [6.07, 6.45) is 5.47. The Morgan fingerprint density at radius 1 is 1.43 bits per heavy atom. The van der Waals surface area contributed by atoms with Crippen LogP contribution in [0.25, 0.3) is 11.3 Å². The maximum Gasteiger partial charge on any atom is 0.358 e. The van der Waals surface area contributed by atoms with Gasteiger partial charge in [-0.2, -0.15) is 0 Å². The molecular weight excluding hydrogens is 272 g/mol. The fourth-order valence-corrected chi connectivity index (χ4v) is 2.59. The molecule has 0 saturated carbocycles. The Kier molecular flexibility index (Phi) is 3.66. The van der Waals surface area contributed by atoms with Gasteiger partial charge in [0, 0.05) is 18.0 Å². The van der Waals surface area contributed by atoms with Gasteiger partial charge in [-0.25, -0.2) is 9.48 Å². The first kappa shape index (κ1) is 13.7. The van der Waals surface area contributed by atoms with Crippen LogP contribution in [0.1, 0.15) is 30.3 Å². The third-order valence-electron chi connectivity index (χ3n) is 3.59. The van der Waals surface area contributed by atoms with Gasteiger partial charge < -0.3 is 9.84 Å². The van der Waals surface area contributed by atoms with Gasteiger partial charge in [0.25, 0.3) is 0 Å². The fourth-order valence-electron chi connectivity index (χ4n) is 2.59. The quantitative estimate of drug-likeness (QED) is 0.919. The van der Waals surface area contributed by atoms with E-state index in [1.165, 1.54) is 0 Å². The highest BCUT2D eigenvalue weighted by Crippen LogP contribution is 2.25. The first-order valence-corrected chi connectivity index (χ1v) is 6.88. The molecule has 2 aromatic heterocycles. The molecule has 7 nitrogen and oxygen atoms in total. The lowest BCUT2D eigenvalue weighted by molar-refractivity contribution is 0.0436. The predicted octanol–water partition coefficient (Wildman–Crippen LogP) is 1.61. The van der Waals surface area contributed by atoms with Crippen LogP contribution in [0.3, 0.4) is 0 Å². The van der Waals surface area contributed by atoms with Gasteiger partial charge in [-0.15, -0.1) is 5.10 Å². The fraction of sp³-hybridized carbons (Fsp3) is 0.429. The average Bonchev–Trinajstić information content (AvgIpc) is 3.07. The van der Waals surface area contributed by atoms with Crippen LogP contribution in [0.4, 0.5) is 0 Å². The smallest absolute Gasteiger partial charge is 0.358 e. The van der Waals surface area contributed by atoms with Gasteiger partial charge in [0.05, 0.1) is 18.8 Å². The number of nitrogens with zero attached hydrogens (tertiary/aromatic N) is 4. The van der Waals surface area contributed by atoms with Gasteiger partial charge in [0.15, 0.2) is 5.69 Å². The minimum absolute atomic E-state index is 0.0453. The second-order valence-corrected chi connectivity index (χ2v) is 5.16. The first-order chi connectivity index (χ1) is 10.1. The zero-order valence-corrected chi connectivity index (χ0v) is 11.6. The van der Waals surface area contributed by atoms with E-state index in [4.69, 9.17) is 4.74 Å². The Morgan fingerprint density at radius 2 is 2.19 bits per heavy atom. The highest BCUT2D eigenvalue weighted by Gasteiger charge is 2.26. The summed E-state index contributed by atoms with van der Waals surface area (Å²) in [5.41, 5.74) is 1.18. The van der Waals surface area contributed by atoms with Gasteiger partial charge in [0.2, 0.25) is 0 Å². The van der Waals surface area contributed by atoms with Gasteiger partial charge in [-0.1, -0.05) is 5.21 Å². The molecule has 2 unspecified atom stereocenters. The highest BCUT2D eigenvalue weighted by molar-refractivity contribution is 5.92. The summed E-state index contributed by atoms with van der Waals surface area (Å²) in [6, 6.07) is 3.50. The number of carboxylic acids is 1. The van der Waals surface area contributed by atoms with Crippen molar-refractivity contribution >= 4 is 5.97 Å². The Labute approximate surface area is 121 Å². The van der Waals surface area contributed by atoms with E-state index in [0.717, 1.165) is 18.4 Å². The second-order valence-electron chi connectivity index (χ2n) is 5.16. The lowest BCUT2D eigenvalue weighted by Crippen LogP contribution is -2.18. The van der Waals surface area contributed by atoms with Crippen molar-refractivity contribution in [2.24, 2.45) is 0 Å². The van der Waals surface area contributed by atoms with E-state index in [2.05, 4.69) is 15.3 Å². The van der Waals surface area contributed by atoms with Crippen molar-refractivity contribution < 1.29 is 14.6 Å². The maximum atomic E-state index is 11.3. The third-order valence-corrected chi connectivity index (χ3v) is 3.59. The number of hydrogen-bond donors (Lipinski definition) is 1. The van der Waals surface area contributed by atoms with E-state index >= 15 is 0 Å². The number of rotatable bonds is 4. The SMILES string of the molecule is CC1CCC(Cn2nnc(C(=O)O)c2-c2ccncc2)O1. The second kappa shape index (κ2) is 5.61. The van der Waals surface area contributed by atoms with Crippen LogP contribution in [0.15, 0.2) is 24.5 Å². The highest BCUT2D eigenvalue weighted by atomic mass is 16.5. The monoisotopic (exact) mass is 288 g/mol. The molecule has 21 heavy (non-hydrogen) atoms. The molecule has 0 radical (unpaired) electrons. The van der Waals surface area contributed by atoms with Crippen molar-refractivity contribution in [1.82, 2.24) is 20.0 Å². The van der Waals surface area contributed by atoms with E-state index in [1.807, 2.05) is 6.92 Å². The molecule has 0 spiro atoms. The van der Waals surface area contributed by atoms with Gasteiger partial charge in [-0.05, 0) is 31.9 Å². The Hall–Kier alpha value is -2.28. The zero-order valence-electron chi connectivity index (χ0n) is 11.6. The topological polar surface area (TPSA) is 90.1 Å². The van der Waals surface area contributed by atoms with E-state index in [-0.39, 0.29) is 17.9 Å². The molecule has 1 N–H and O–H groups in total. The summed E-state index contributed by atoms with van der Waals surface area (Å²) in [7, 11) is 0. The molecule has 0 bridgehead atoms. The van der Waals surface area contributed by atoms with Crippen LogP contribution in [0, 0.1) is 0 Å². The molecule has 110 valence electrons. The molecule has 2 atom stereocenters. The zero-order chi connectivity index (χ0) is 14.8. The number of pyridine rings is 1. The Balaban J connectivity index is 1.95. The summed E-state index contributed by atoms with van der Waals surface area (Å²) in [4.78, 5) is 15.3. The summed E-state index contributed by atoms with van der Waals surface area (Å²) in [6.45, 7) is 2.54. The van der Waals surface area contributed by atoms with Crippen molar-refractivity contribution in [2.75, 3.05) is 0 Å². The van der Waals surface area contributed by atoms with Crippen molar-refractivity contribution in [3.8, 4) is 11.3 Å². The average molecular weight is 288 g/mol. The van der Waals surface area contributed by atoms with Crippen LogP contribution in [-0.4, -0.2) is 43.3 Å². The van der Waals surface area contributed by atoms with Crippen molar-refractivity contribution in [1.29, 1.82) is 0 Å². The molecule has 0 aromatic carbocycles. The van der Waals surface area contributed by atoms with Crippen LogP contribution in [-0.2, 0) is 11.3 Å². The number of carbonyl (C=O) groups is 1. The summed E-state index contributed by atoms with van der Waals surface area (Å²) < 4.78 is 7.39. The predicted molar refractivity (Wildman–Crippen MR) is 73.8 cm³/mol. The Bertz CT molecular complexity index is 641. The molecule has 2 aromatic rings. The molecule has 3 rings (SSSR count). The van der Waals surface area contributed by atoms with Crippen molar-refractivity contribution in [2.45, 2.75) is 38.5 Å². The third kappa shape index (κ3) is 2.78. The van der Waals surface area contributed by atoms with Crippen LogP contribution in [0.5, 0.6) is 0 Å². The largest absolute Gasteiger partial charge is 0.476 e. The molecule has 0 amide bonds. The number of carboxylic acid groups (broad SMARTS) is 1. The number of aromatic carboxylic acids is 1. The van der Waals surface area contributed by atoms with E-state index in [0.29, 0.717) is 12.2 Å². The number of hydrogen-bond acceptors (Lipinski definition) is 5. The number of aromatic nitrogens is 4. The van der Waals surface area contributed by atoms with Gasteiger partial charge in [-0.3, -0.25) is 4.98 Å². The van der Waals surface area contributed by atoms with Gasteiger partial charge >= 0.3 is 5.97 Å². The molecule has 0 aliphatic carbocycles. The normalized spacial score (nSPS) is 21.6. The maximum absolute atomic E-state index is 11.3. The van der Waals surface area contributed by atoms with Crippen LogP contribution in [0.2, 0.25) is 0 Å². The Morgan fingerprint density at radius 3 is 2.81 bits per heavy atom. The number of ether oxygens (including phenoxy) is 1. The minimum Gasteiger partial charge on any atom is -0.476 e. The lowest BCUT2D eigenvalue weighted by atomic mass is 10.1. The summed E-state index contributed by atoms with van der Waals surface area (Å²) in [5, 5.41) is 17.1. The van der Waals surface area contributed by atoms with Gasteiger partial charge in [0.1, 0.15) is 5.69 Å². The van der Waals surface area contributed by atoms with Crippen LogP contribution >= 0.6 is 0 Å². The van der Waals surface area contributed by atoms with Crippen LogP contribution < -0.4 is 0 Å². The lowest BCUT2D eigenvalue weighted by Gasteiger charge is -2.13. The summed E-state index contributed by atoms with van der Waals surface area (Å²) >= 11 is 0. The molecular formula is C14H16N4O3. The standard InChI is InChI=1S/C14H16N4O3/c1-9-2-3-11(21-9)8-18-13(10-4-6-15-7-5-10)12(14(19)20)16-17-18/h4-7,9,11H,2-3,8H2,1H3,(H,19,20). The minimum atomic E-state index is -1.09. The molecule has 7 heteroatoms.